The minimum atomic E-state index is -0.816. The SMILES string of the molecule is C[C@@H](O)COc1c(F)cccc1[N+](=O)[O-]. The fraction of sp³-hybridized carbons (Fsp3) is 0.333. The maximum atomic E-state index is 13.1. The van der Waals surface area contributed by atoms with Crippen molar-refractivity contribution in [1.29, 1.82) is 0 Å². The lowest BCUT2D eigenvalue weighted by Crippen LogP contribution is -2.14. The molecule has 0 aliphatic rings. The molecule has 1 N–H and O–H groups in total. The largest absolute Gasteiger partial charge is 0.482 e. The van der Waals surface area contributed by atoms with E-state index in [-0.39, 0.29) is 6.61 Å². The number of para-hydroxylation sites is 1. The molecule has 0 unspecified atom stereocenters. The molecule has 0 aliphatic carbocycles. The molecule has 1 rings (SSSR count). The summed E-state index contributed by atoms with van der Waals surface area (Å²) >= 11 is 0. The second kappa shape index (κ2) is 4.70. The molecular formula is C9H10FNO4. The molecule has 0 spiro atoms. The molecule has 0 amide bonds. The number of nitro benzene ring substituents is 1. The molecule has 15 heavy (non-hydrogen) atoms. The fourth-order valence-electron chi connectivity index (χ4n) is 0.988. The summed E-state index contributed by atoms with van der Waals surface area (Å²) in [6.45, 7) is 1.24. The number of nitrogens with zero attached hydrogens (tertiary/aromatic N) is 1. The van der Waals surface area contributed by atoms with Crippen molar-refractivity contribution in [2.24, 2.45) is 0 Å². The molecule has 5 nitrogen and oxygen atoms in total. The highest BCUT2D eigenvalue weighted by Gasteiger charge is 2.19. The van der Waals surface area contributed by atoms with Gasteiger partial charge in [-0.05, 0) is 13.0 Å². The lowest BCUT2D eigenvalue weighted by atomic mass is 10.3. The first-order valence-electron chi connectivity index (χ1n) is 4.26. The molecule has 0 aromatic heterocycles. The van der Waals surface area contributed by atoms with Crippen molar-refractivity contribution in [1.82, 2.24) is 0 Å². The Morgan fingerprint density at radius 1 is 1.67 bits per heavy atom. The summed E-state index contributed by atoms with van der Waals surface area (Å²) < 4.78 is 18.0. The van der Waals surface area contributed by atoms with Crippen LogP contribution in [0.1, 0.15) is 6.92 Å². The highest BCUT2D eigenvalue weighted by atomic mass is 19.1. The van der Waals surface area contributed by atoms with Gasteiger partial charge in [-0.3, -0.25) is 10.1 Å². The highest BCUT2D eigenvalue weighted by molar-refractivity contribution is 5.46. The Labute approximate surface area is 85.3 Å². The zero-order chi connectivity index (χ0) is 11.4. The number of aliphatic hydroxyl groups excluding tert-OH is 1. The van der Waals surface area contributed by atoms with Gasteiger partial charge in [0.25, 0.3) is 0 Å². The Morgan fingerprint density at radius 3 is 2.87 bits per heavy atom. The monoisotopic (exact) mass is 215 g/mol. The number of hydrogen-bond acceptors (Lipinski definition) is 4. The maximum absolute atomic E-state index is 13.1. The second-order valence-electron chi connectivity index (χ2n) is 3.01. The van der Waals surface area contributed by atoms with Crippen LogP contribution in [-0.4, -0.2) is 22.7 Å². The summed E-state index contributed by atoms with van der Waals surface area (Å²) in [4.78, 5) is 9.78. The van der Waals surface area contributed by atoms with E-state index in [1.165, 1.54) is 13.0 Å². The van der Waals surface area contributed by atoms with Gasteiger partial charge in [-0.2, -0.15) is 0 Å². The molecule has 82 valence electrons. The predicted octanol–water partition coefficient (Wildman–Crippen LogP) is 1.49. The topological polar surface area (TPSA) is 72.6 Å². The van der Waals surface area contributed by atoms with E-state index in [2.05, 4.69) is 0 Å². The van der Waals surface area contributed by atoms with Crippen LogP contribution >= 0.6 is 0 Å². The number of rotatable bonds is 4. The van der Waals surface area contributed by atoms with Crippen LogP contribution in [0.25, 0.3) is 0 Å². The minimum Gasteiger partial charge on any atom is -0.482 e. The van der Waals surface area contributed by atoms with Gasteiger partial charge >= 0.3 is 5.69 Å². The zero-order valence-electron chi connectivity index (χ0n) is 8.01. The molecule has 6 heteroatoms. The van der Waals surface area contributed by atoms with E-state index in [0.29, 0.717) is 0 Å². The number of benzene rings is 1. The Bertz CT molecular complexity index is 367. The van der Waals surface area contributed by atoms with Crippen molar-refractivity contribution in [3.8, 4) is 5.75 Å². The van der Waals surface area contributed by atoms with Crippen molar-refractivity contribution in [3.05, 3.63) is 34.1 Å². The first kappa shape index (κ1) is 11.4. The molecule has 0 radical (unpaired) electrons. The van der Waals surface area contributed by atoms with Gasteiger partial charge in [0.1, 0.15) is 6.61 Å². The van der Waals surface area contributed by atoms with Crippen LogP contribution in [0.15, 0.2) is 18.2 Å². The molecule has 0 saturated heterocycles. The third kappa shape index (κ3) is 2.88. The summed E-state index contributed by atoms with van der Waals surface area (Å²) in [6.07, 6.45) is -0.816. The van der Waals surface area contributed by atoms with Gasteiger partial charge in [-0.1, -0.05) is 6.07 Å². The van der Waals surface area contributed by atoms with Crippen LogP contribution in [0.3, 0.4) is 0 Å². The van der Waals surface area contributed by atoms with Crippen LogP contribution in [0.5, 0.6) is 5.75 Å². The summed E-state index contributed by atoms with van der Waals surface area (Å²) in [6, 6.07) is 3.42. The minimum absolute atomic E-state index is 0.193. The second-order valence-corrected chi connectivity index (χ2v) is 3.01. The Kier molecular flexibility index (Phi) is 3.56. The summed E-state index contributed by atoms with van der Waals surface area (Å²) in [7, 11) is 0. The van der Waals surface area contributed by atoms with Gasteiger partial charge in [0.05, 0.1) is 11.0 Å². The molecule has 1 atom stereocenters. The molecule has 1 aromatic rings. The standard InChI is InChI=1S/C9H10FNO4/c1-6(12)5-15-9-7(10)3-2-4-8(9)11(13)14/h2-4,6,12H,5H2,1H3/t6-/m1/s1. The molecule has 0 saturated carbocycles. The van der Waals surface area contributed by atoms with E-state index in [0.717, 1.165) is 12.1 Å². The number of halogens is 1. The first-order chi connectivity index (χ1) is 7.02. The normalized spacial score (nSPS) is 12.2. The number of nitro groups is 1. The first-order valence-corrected chi connectivity index (χ1v) is 4.26. The van der Waals surface area contributed by atoms with Crippen LogP contribution in [0, 0.1) is 15.9 Å². The summed E-state index contributed by atoms with van der Waals surface area (Å²) in [5, 5.41) is 19.4. The van der Waals surface area contributed by atoms with E-state index in [4.69, 9.17) is 9.84 Å². The zero-order valence-corrected chi connectivity index (χ0v) is 8.01. The van der Waals surface area contributed by atoms with Gasteiger partial charge in [0, 0.05) is 6.07 Å². The van der Waals surface area contributed by atoms with E-state index in [1.807, 2.05) is 0 Å². The predicted molar refractivity (Wildman–Crippen MR) is 50.2 cm³/mol. The third-order valence-electron chi connectivity index (χ3n) is 1.61. The average Bonchev–Trinajstić information content (AvgIpc) is 2.15. The van der Waals surface area contributed by atoms with Crippen LogP contribution in [0.4, 0.5) is 10.1 Å². The Hall–Kier alpha value is -1.69. The maximum Gasteiger partial charge on any atom is 0.314 e. The molecule has 1 aromatic carbocycles. The van der Waals surface area contributed by atoms with Crippen molar-refractivity contribution in [3.63, 3.8) is 0 Å². The van der Waals surface area contributed by atoms with E-state index >= 15 is 0 Å². The lowest BCUT2D eigenvalue weighted by Gasteiger charge is -2.08. The highest BCUT2D eigenvalue weighted by Crippen LogP contribution is 2.29. The van der Waals surface area contributed by atoms with Gasteiger partial charge in [-0.25, -0.2) is 4.39 Å². The molecule has 0 heterocycles. The molecular weight excluding hydrogens is 205 g/mol. The van der Waals surface area contributed by atoms with E-state index in [1.54, 1.807) is 0 Å². The van der Waals surface area contributed by atoms with Crippen LogP contribution in [-0.2, 0) is 0 Å². The number of ether oxygens (including phenoxy) is 1. The van der Waals surface area contributed by atoms with Gasteiger partial charge in [-0.15, -0.1) is 0 Å². The number of hydrogen-bond donors (Lipinski definition) is 1. The molecule has 0 aliphatic heterocycles. The van der Waals surface area contributed by atoms with E-state index in [9.17, 15) is 14.5 Å². The van der Waals surface area contributed by atoms with Crippen LogP contribution < -0.4 is 4.74 Å². The van der Waals surface area contributed by atoms with Gasteiger partial charge in [0.2, 0.25) is 5.75 Å². The average molecular weight is 215 g/mol. The Morgan fingerprint density at radius 2 is 2.33 bits per heavy atom. The van der Waals surface area contributed by atoms with Crippen molar-refractivity contribution in [2.75, 3.05) is 6.61 Å². The Balaban J connectivity index is 2.97. The third-order valence-corrected chi connectivity index (χ3v) is 1.61. The van der Waals surface area contributed by atoms with Crippen molar-refractivity contribution < 1.29 is 19.2 Å². The number of aliphatic hydroxyl groups is 1. The molecule has 0 bridgehead atoms. The summed E-state index contributed by atoms with van der Waals surface area (Å²) in [5.41, 5.74) is -0.448. The van der Waals surface area contributed by atoms with Crippen LogP contribution in [0.2, 0.25) is 0 Å². The summed E-state index contributed by atoms with van der Waals surface area (Å²) in [5.74, 6) is -1.26. The van der Waals surface area contributed by atoms with Crippen molar-refractivity contribution >= 4 is 5.69 Å². The van der Waals surface area contributed by atoms with Crippen molar-refractivity contribution in [2.45, 2.75) is 13.0 Å². The lowest BCUT2D eigenvalue weighted by molar-refractivity contribution is -0.386. The fourth-order valence-corrected chi connectivity index (χ4v) is 0.988. The smallest absolute Gasteiger partial charge is 0.314 e. The van der Waals surface area contributed by atoms with Gasteiger partial charge < -0.3 is 9.84 Å². The molecule has 0 fully saturated rings. The van der Waals surface area contributed by atoms with E-state index < -0.39 is 28.3 Å². The quantitative estimate of drug-likeness (QED) is 0.610. The van der Waals surface area contributed by atoms with Gasteiger partial charge in [0.15, 0.2) is 5.82 Å².